The van der Waals surface area contributed by atoms with Crippen molar-refractivity contribution in [3.63, 3.8) is 0 Å². The number of ether oxygens (including phenoxy) is 3. The van der Waals surface area contributed by atoms with Gasteiger partial charge in [-0.2, -0.15) is 0 Å². The van der Waals surface area contributed by atoms with Crippen LogP contribution >= 0.6 is 0 Å². The van der Waals surface area contributed by atoms with E-state index in [1.54, 1.807) is 14.2 Å². The van der Waals surface area contributed by atoms with Crippen molar-refractivity contribution < 1.29 is 14.2 Å². The minimum atomic E-state index is 0.818. The molecule has 0 amide bonds. The van der Waals surface area contributed by atoms with E-state index in [0.717, 1.165) is 73.1 Å². The molecule has 5 rings (SSSR count). The number of rotatable bonds is 7. The fourth-order valence-corrected chi connectivity index (χ4v) is 4.42. The summed E-state index contributed by atoms with van der Waals surface area (Å²) < 4.78 is 18.7. The van der Waals surface area contributed by atoms with Gasteiger partial charge in [0.1, 0.15) is 11.5 Å². The molecular formula is C27H29N3O3. The number of morpholine rings is 1. The van der Waals surface area contributed by atoms with Crippen LogP contribution in [0.25, 0.3) is 33.2 Å². The van der Waals surface area contributed by atoms with Crippen LogP contribution in [0, 0.1) is 0 Å². The van der Waals surface area contributed by atoms with Crippen molar-refractivity contribution in [2.45, 2.75) is 6.54 Å². The zero-order valence-electron chi connectivity index (χ0n) is 19.2. The number of pyridine rings is 1. The zero-order valence-corrected chi connectivity index (χ0v) is 19.2. The van der Waals surface area contributed by atoms with Gasteiger partial charge < -0.3 is 18.8 Å². The summed E-state index contributed by atoms with van der Waals surface area (Å²) in [5.41, 5.74) is 5.64. The molecular weight excluding hydrogens is 414 g/mol. The second-order valence-electron chi connectivity index (χ2n) is 8.26. The number of aromatic nitrogens is 2. The van der Waals surface area contributed by atoms with Crippen LogP contribution in [0.2, 0.25) is 0 Å². The van der Waals surface area contributed by atoms with Gasteiger partial charge in [-0.1, -0.05) is 12.1 Å². The maximum absolute atomic E-state index is 5.53. The summed E-state index contributed by atoms with van der Waals surface area (Å²) in [6.45, 7) is 5.55. The van der Waals surface area contributed by atoms with Crippen molar-refractivity contribution in [2.24, 2.45) is 0 Å². The smallest absolute Gasteiger partial charge is 0.119 e. The Morgan fingerprint density at radius 1 is 0.818 bits per heavy atom. The highest BCUT2D eigenvalue weighted by Crippen LogP contribution is 2.35. The summed E-state index contributed by atoms with van der Waals surface area (Å²) in [7, 11) is 3.39. The van der Waals surface area contributed by atoms with Crippen molar-refractivity contribution >= 4 is 10.9 Å². The third-order valence-corrected chi connectivity index (χ3v) is 6.32. The monoisotopic (exact) mass is 443 g/mol. The fraction of sp³-hybridized carbons (Fsp3) is 0.296. The Hall–Kier alpha value is -3.35. The first-order valence-corrected chi connectivity index (χ1v) is 11.3. The van der Waals surface area contributed by atoms with Crippen LogP contribution in [-0.4, -0.2) is 61.5 Å². The molecule has 1 fully saturated rings. The van der Waals surface area contributed by atoms with Gasteiger partial charge >= 0.3 is 0 Å². The van der Waals surface area contributed by atoms with Crippen LogP contribution in [0.4, 0.5) is 0 Å². The molecule has 6 heteroatoms. The fourth-order valence-electron chi connectivity index (χ4n) is 4.42. The molecule has 0 saturated carbocycles. The van der Waals surface area contributed by atoms with E-state index in [1.807, 2.05) is 30.6 Å². The lowest BCUT2D eigenvalue weighted by atomic mass is 10.0. The molecule has 0 N–H and O–H groups in total. The molecule has 1 aliphatic heterocycles. The molecule has 2 aromatic heterocycles. The van der Waals surface area contributed by atoms with Gasteiger partial charge in [0.05, 0.1) is 27.4 Å². The average molecular weight is 444 g/mol. The van der Waals surface area contributed by atoms with Gasteiger partial charge in [-0.25, -0.2) is 0 Å². The van der Waals surface area contributed by atoms with Gasteiger partial charge in [-0.05, 0) is 42.0 Å². The normalized spacial score (nSPS) is 14.5. The summed E-state index contributed by atoms with van der Waals surface area (Å²) in [5.74, 6) is 1.70. The zero-order chi connectivity index (χ0) is 22.6. The topological polar surface area (TPSA) is 48.8 Å². The van der Waals surface area contributed by atoms with Gasteiger partial charge in [0.25, 0.3) is 0 Å². The number of fused-ring (bicyclic) bond motifs is 1. The van der Waals surface area contributed by atoms with Crippen molar-refractivity contribution in [3.8, 4) is 33.8 Å². The third-order valence-electron chi connectivity index (χ3n) is 6.32. The van der Waals surface area contributed by atoms with Crippen LogP contribution < -0.4 is 9.47 Å². The van der Waals surface area contributed by atoms with Crippen LogP contribution in [0.3, 0.4) is 0 Å². The van der Waals surface area contributed by atoms with E-state index in [0.29, 0.717) is 0 Å². The number of benzene rings is 2. The Balaban J connectivity index is 1.51. The highest BCUT2D eigenvalue weighted by atomic mass is 16.5. The highest BCUT2D eigenvalue weighted by molar-refractivity contribution is 5.97. The lowest BCUT2D eigenvalue weighted by Crippen LogP contribution is -2.38. The lowest BCUT2D eigenvalue weighted by molar-refractivity contribution is 0.0365. The van der Waals surface area contributed by atoms with Crippen LogP contribution in [0.5, 0.6) is 11.5 Å². The first-order valence-electron chi connectivity index (χ1n) is 11.3. The predicted octanol–water partition coefficient (Wildman–Crippen LogP) is 4.72. The molecule has 0 aliphatic carbocycles. The molecule has 0 radical (unpaired) electrons. The molecule has 0 bridgehead atoms. The van der Waals surface area contributed by atoms with Gasteiger partial charge in [0, 0.05) is 72.4 Å². The third kappa shape index (κ3) is 4.58. The van der Waals surface area contributed by atoms with Crippen molar-refractivity contribution in [3.05, 3.63) is 67.1 Å². The predicted molar refractivity (Wildman–Crippen MR) is 131 cm³/mol. The number of nitrogens with zero attached hydrogens (tertiary/aromatic N) is 3. The molecule has 6 nitrogen and oxygen atoms in total. The SMILES string of the molecule is COc1ccc(-c2cncc(-c3cn(CCN4CCOCC4)c4ccc(OC)cc34)c2)cc1. The first kappa shape index (κ1) is 21.5. The molecule has 2 aromatic carbocycles. The van der Waals surface area contributed by atoms with Crippen molar-refractivity contribution in [1.82, 2.24) is 14.5 Å². The number of methoxy groups -OCH3 is 2. The standard InChI is InChI=1S/C27H29N3O3/c1-31-23-5-3-20(4-6-23)21-15-22(18-28-17-21)26-19-30(10-9-29-11-13-33-14-12-29)27-8-7-24(32-2)16-25(26)27/h3-8,15-19H,9-14H2,1-2H3. The Kier molecular flexibility index (Phi) is 6.28. The highest BCUT2D eigenvalue weighted by Gasteiger charge is 2.15. The molecule has 3 heterocycles. The molecule has 0 unspecified atom stereocenters. The average Bonchev–Trinajstić information content (AvgIpc) is 3.26. The summed E-state index contributed by atoms with van der Waals surface area (Å²) in [6.07, 6.45) is 6.09. The molecule has 4 aromatic rings. The van der Waals surface area contributed by atoms with Crippen molar-refractivity contribution in [1.29, 1.82) is 0 Å². The Morgan fingerprint density at radius 3 is 2.30 bits per heavy atom. The second kappa shape index (κ2) is 9.65. The van der Waals surface area contributed by atoms with Crippen molar-refractivity contribution in [2.75, 3.05) is 47.1 Å². The molecule has 1 saturated heterocycles. The summed E-state index contributed by atoms with van der Waals surface area (Å²) >= 11 is 0. The summed E-state index contributed by atoms with van der Waals surface area (Å²) in [4.78, 5) is 7.03. The Morgan fingerprint density at radius 2 is 1.55 bits per heavy atom. The van der Waals surface area contributed by atoms with Gasteiger partial charge in [0.2, 0.25) is 0 Å². The maximum atomic E-state index is 5.53. The van der Waals surface area contributed by atoms with E-state index in [2.05, 4.69) is 51.0 Å². The minimum absolute atomic E-state index is 0.818. The Labute approximate surface area is 194 Å². The molecule has 33 heavy (non-hydrogen) atoms. The van der Waals surface area contributed by atoms with E-state index < -0.39 is 0 Å². The minimum Gasteiger partial charge on any atom is -0.497 e. The molecule has 0 atom stereocenters. The summed E-state index contributed by atoms with van der Waals surface area (Å²) in [6, 6.07) is 16.6. The van der Waals surface area contributed by atoms with E-state index in [1.165, 1.54) is 10.9 Å². The molecule has 170 valence electrons. The molecule has 1 aliphatic rings. The lowest BCUT2D eigenvalue weighted by Gasteiger charge is -2.26. The Bertz CT molecular complexity index is 1230. The number of hydrogen-bond acceptors (Lipinski definition) is 5. The van der Waals surface area contributed by atoms with Crippen LogP contribution in [0.1, 0.15) is 0 Å². The van der Waals surface area contributed by atoms with E-state index in [9.17, 15) is 0 Å². The van der Waals surface area contributed by atoms with Crippen LogP contribution in [-0.2, 0) is 11.3 Å². The second-order valence-corrected chi connectivity index (χ2v) is 8.26. The van der Waals surface area contributed by atoms with Gasteiger partial charge in [-0.3, -0.25) is 9.88 Å². The van der Waals surface area contributed by atoms with Crippen LogP contribution in [0.15, 0.2) is 67.1 Å². The van der Waals surface area contributed by atoms with Gasteiger partial charge in [-0.15, -0.1) is 0 Å². The quantitative estimate of drug-likeness (QED) is 0.414. The maximum Gasteiger partial charge on any atom is 0.119 e. The molecule has 0 spiro atoms. The van der Waals surface area contributed by atoms with E-state index in [-0.39, 0.29) is 0 Å². The first-order chi connectivity index (χ1) is 16.2. The van der Waals surface area contributed by atoms with Gasteiger partial charge in [0.15, 0.2) is 0 Å². The summed E-state index contributed by atoms with van der Waals surface area (Å²) in [5, 5.41) is 1.17. The van der Waals surface area contributed by atoms with E-state index in [4.69, 9.17) is 14.2 Å². The largest absolute Gasteiger partial charge is 0.497 e. The van der Waals surface area contributed by atoms with E-state index >= 15 is 0 Å². The number of hydrogen-bond donors (Lipinski definition) is 0.